The molecule has 1 heterocycles. The molecule has 1 aliphatic rings. The summed E-state index contributed by atoms with van der Waals surface area (Å²) in [4.78, 5) is 1.14. The summed E-state index contributed by atoms with van der Waals surface area (Å²) in [5.41, 5.74) is -0.175. The van der Waals surface area contributed by atoms with Gasteiger partial charge in [0.25, 0.3) is 0 Å². The summed E-state index contributed by atoms with van der Waals surface area (Å²) in [6.45, 7) is 0. The van der Waals surface area contributed by atoms with Crippen LogP contribution in [-0.4, -0.2) is 5.44 Å². The van der Waals surface area contributed by atoms with Gasteiger partial charge >= 0.3 is 0 Å². The lowest BCUT2D eigenvalue weighted by Crippen LogP contribution is -2.01. The summed E-state index contributed by atoms with van der Waals surface area (Å²) >= 11 is 1.59. The molecular weight excluding hydrogens is 204 g/mol. The molecule has 0 radical (unpaired) electrons. The maximum absolute atomic E-state index is 5.70. The second-order valence-electron chi connectivity index (χ2n) is 3.35. The maximum Gasteiger partial charge on any atom is 0.210 e. The number of benzene rings is 2. The molecule has 1 atom stereocenters. The Hall–Kier alpha value is -1.59. The highest BCUT2D eigenvalue weighted by atomic mass is 32.2. The van der Waals surface area contributed by atoms with Gasteiger partial charge in [-0.3, -0.25) is 0 Å². The Morgan fingerprint density at radius 3 is 2.93 bits per heavy atom. The molecule has 2 aromatic rings. The van der Waals surface area contributed by atoms with Crippen molar-refractivity contribution in [1.29, 1.82) is 0 Å². The van der Waals surface area contributed by atoms with Gasteiger partial charge < -0.3 is 4.74 Å². The third-order valence-electron chi connectivity index (χ3n) is 2.44. The fraction of sp³-hybridized carbons (Fsp3) is 0.0769. The summed E-state index contributed by atoms with van der Waals surface area (Å²) in [6, 6.07) is 12.3. The van der Waals surface area contributed by atoms with Crippen molar-refractivity contribution < 1.29 is 4.74 Å². The summed E-state index contributed by atoms with van der Waals surface area (Å²) in [6.07, 6.45) is 5.36. The first-order valence-electron chi connectivity index (χ1n) is 4.70. The molecule has 1 aliphatic heterocycles. The SMILES string of the molecule is C#CC1Oc2c(ccc3ccccc23)S1. The van der Waals surface area contributed by atoms with Gasteiger partial charge in [0.05, 0.1) is 4.90 Å². The zero-order valence-electron chi connectivity index (χ0n) is 7.94. The van der Waals surface area contributed by atoms with Crippen LogP contribution in [0, 0.1) is 12.3 Å². The number of hydrogen-bond donors (Lipinski definition) is 0. The third kappa shape index (κ3) is 1.28. The zero-order valence-corrected chi connectivity index (χ0v) is 8.75. The molecule has 1 unspecified atom stereocenters. The zero-order chi connectivity index (χ0) is 10.3. The van der Waals surface area contributed by atoms with Crippen LogP contribution in [0.4, 0.5) is 0 Å². The van der Waals surface area contributed by atoms with Gasteiger partial charge in [-0.25, -0.2) is 0 Å². The van der Waals surface area contributed by atoms with Crippen LogP contribution in [0.25, 0.3) is 10.8 Å². The molecular formula is C13H8OS. The van der Waals surface area contributed by atoms with E-state index in [2.05, 4.69) is 30.2 Å². The van der Waals surface area contributed by atoms with Crippen LogP contribution in [0.5, 0.6) is 5.75 Å². The molecule has 72 valence electrons. The molecule has 0 aliphatic carbocycles. The van der Waals surface area contributed by atoms with Crippen LogP contribution in [0.2, 0.25) is 0 Å². The number of terminal acetylenes is 1. The normalized spacial score (nSPS) is 18.2. The maximum atomic E-state index is 5.70. The second kappa shape index (κ2) is 3.22. The Morgan fingerprint density at radius 1 is 1.20 bits per heavy atom. The van der Waals surface area contributed by atoms with Gasteiger partial charge in [0.2, 0.25) is 5.44 Å². The standard InChI is InChI=1S/C13H8OS/c1-2-12-14-13-10-6-4-3-5-9(10)7-8-11(13)15-12/h1,3-8,12H. The van der Waals surface area contributed by atoms with Gasteiger partial charge in [0.15, 0.2) is 0 Å². The van der Waals surface area contributed by atoms with Crippen molar-refractivity contribution in [2.75, 3.05) is 0 Å². The van der Waals surface area contributed by atoms with Crippen LogP contribution in [0.15, 0.2) is 41.3 Å². The number of rotatable bonds is 0. The van der Waals surface area contributed by atoms with Gasteiger partial charge in [-0.2, -0.15) is 0 Å². The van der Waals surface area contributed by atoms with Crippen molar-refractivity contribution in [2.45, 2.75) is 10.3 Å². The molecule has 2 heteroatoms. The second-order valence-corrected chi connectivity index (χ2v) is 4.45. The average Bonchev–Trinajstić information content (AvgIpc) is 2.72. The molecule has 0 spiro atoms. The highest BCUT2D eigenvalue weighted by Gasteiger charge is 2.23. The Kier molecular flexibility index (Phi) is 1.87. The molecule has 0 amide bonds. The van der Waals surface area contributed by atoms with E-state index < -0.39 is 0 Å². The first kappa shape index (κ1) is 8.70. The predicted molar refractivity (Wildman–Crippen MR) is 63.1 cm³/mol. The van der Waals surface area contributed by atoms with Gasteiger partial charge in [-0.15, -0.1) is 6.42 Å². The van der Waals surface area contributed by atoms with E-state index in [1.807, 2.05) is 12.1 Å². The van der Waals surface area contributed by atoms with Crippen molar-refractivity contribution in [3.8, 4) is 18.1 Å². The van der Waals surface area contributed by atoms with E-state index >= 15 is 0 Å². The average molecular weight is 212 g/mol. The minimum Gasteiger partial charge on any atom is -0.466 e. The lowest BCUT2D eigenvalue weighted by atomic mass is 10.1. The highest BCUT2D eigenvalue weighted by Crippen LogP contribution is 2.44. The topological polar surface area (TPSA) is 9.23 Å². The van der Waals surface area contributed by atoms with E-state index in [1.165, 1.54) is 5.39 Å². The number of thioether (sulfide) groups is 1. The van der Waals surface area contributed by atoms with E-state index in [1.54, 1.807) is 11.8 Å². The summed E-state index contributed by atoms with van der Waals surface area (Å²) in [7, 11) is 0. The van der Waals surface area contributed by atoms with Crippen LogP contribution >= 0.6 is 11.8 Å². The molecule has 0 saturated heterocycles. The van der Waals surface area contributed by atoms with E-state index in [-0.39, 0.29) is 5.44 Å². The predicted octanol–water partition coefficient (Wildman–Crippen LogP) is 3.28. The van der Waals surface area contributed by atoms with Crippen LogP contribution in [0.1, 0.15) is 0 Å². The first-order chi connectivity index (χ1) is 7.38. The molecule has 1 nitrogen and oxygen atoms in total. The van der Waals surface area contributed by atoms with Gasteiger partial charge in [0, 0.05) is 5.39 Å². The fourth-order valence-corrected chi connectivity index (χ4v) is 2.61. The van der Waals surface area contributed by atoms with Crippen molar-refractivity contribution in [3.05, 3.63) is 36.4 Å². The quantitative estimate of drug-likeness (QED) is 0.620. The molecule has 3 rings (SSSR count). The summed E-state index contributed by atoms with van der Waals surface area (Å²) in [5, 5.41) is 2.33. The molecule has 0 aromatic heterocycles. The lowest BCUT2D eigenvalue weighted by Gasteiger charge is -2.04. The number of fused-ring (bicyclic) bond motifs is 3. The Labute approximate surface area is 92.4 Å². The number of ether oxygens (including phenoxy) is 1. The minimum absolute atomic E-state index is 0.175. The van der Waals surface area contributed by atoms with E-state index in [4.69, 9.17) is 11.2 Å². The molecule has 0 bridgehead atoms. The molecule has 0 N–H and O–H groups in total. The lowest BCUT2D eigenvalue weighted by molar-refractivity contribution is 0.351. The van der Waals surface area contributed by atoms with Gasteiger partial charge in [-0.1, -0.05) is 48.0 Å². The monoisotopic (exact) mass is 212 g/mol. The van der Waals surface area contributed by atoms with Crippen molar-refractivity contribution >= 4 is 22.5 Å². The summed E-state index contributed by atoms with van der Waals surface area (Å²) < 4.78 is 5.70. The van der Waals surface area contributed by atoms with Crippen molar-refractivity contribution in [2.24, 2.45) is 0 Å². The Bertz CT molecular complexity index is 568. The van der Waals surface area contributed by atoms with Gasteiger partial charge in [-0.05, 0) is 11.5 Å². The van der Waals surface area contributed by atoms with Crippen molar-refractivity contribution in [3.63, 3.8) is 0 Å². The molecule has 0 saturated carbocycles. The number of hydrogen-bond acceptors (Lipinski definition) is 2. The fourth-order valence-electron chi connectivity index (χ4n) is 1.75. The smallest absolute Gasteiger partial charge is 0.210 e. The van der Waals surface area contributed by atoms with Crippen LogP contribution < -0.4 is 4.74 Å². The Balaban J connectivity index is 2.26. The molecule has 0 fully saturated rings. The Morgan fingerprint density at radius 2 is 2.07 bits per heavy atom. The van der Waals surface area contributed by atoms with Crippen LogP contribution in [0.3, 0.4) is 0 Å². The van der Waals surface area contributed by atoms with Crippen molar-refractivity contribution in [1.82, 2.24) is 0 Å². The highest BCUT2D eigenvalue weighted by molar-refractivity contribution is 8.00. The van der Waals surface area contributed by atoms with E-state index in [0.29, 0.717) is 0 Å². The van der Waals surface area contributed by atoms with E-state index in [0.717, 1.165) is 16.0 Å². The van der Waals surface area contributed by atoms with E-state index in [9.17, 15) is 0 Å². The molecule has 2 aromatic carbocycles. The minimum atomic E-state index is -0.175. The molecule has 15 heavy (non-hydrogen) atoms. The first-order valence-corrected chi connectivity index (χ1v) is 5.57. The van der Waals surface area contributed by atoms with Gasteiger partial charge in [0.1, 0.15) is 5.75 Å². The largest absolute Gasteiger partial charge is 0.466 e. The summed E-state index contributed by atoms with van der Waals surface area (Å²) in [5.74, 6) is 3.55. The van der Waals surface area contributed by atoms with Crippen LogP contribution in [-0.2, 0) is 0 Å². The third-order valence-corrected chi connectivity index (χ3v) is 3.46.